The van der Waals surface area contributed by atoms with E-state index in [1.54, 1.807) is 18.2 Å². The lowest BCUT2D eigenvalue weighted by Crippen LogP contribution is -2.36. The van der Waals surface area contributed by atoms with Crippen molar-refractivity contribution in [3.63, 3.8) is 0 Å². The number of carbonyl (C=O) groups excluding carboxylic acids is 2. The van der Waals surface area contributed by atoms with E-state index in [0.717, 1.165) is 5.56 Å². The Bertz CT molecular complexity index is 718. The first-order chi connectivity index (χ1) is 11.0. The molecule has 0 saturated heterocycles. The largest absolute Gasteiger partial charge is 0.347 e. The van der Waals surface area contributed by atoms with Gasteiger partial charge in [-0.25, -0.2) is 0 Å². The van der Waals surface area contributed by atoms with E-state index in [-0.39, 0.29) is 5.69 Å². The highest BCUT2D eigenvalue weighted by molar-refractivity contribution is 6.42. The second kappa shape index (κ2) is 8.20. The van der Waals surface area contributed by atoms with E-state index < -0.39 is 11.8 Å². The smallest absolute Gasteiger partial charge is 0.313 e. The van der Waals surface area contributed by atoms with Crippen molar-refractivity contribution >= 4 is 52.3 Å². The first kappa shape index (κ1) is 17.6. The van der Waals surface area contributed by atoms with Crippen LogP contribution in [0.25, 0.3) is 0 Å². The molecule has 120 valence electrons. The van der Waals surface area contributed by atoms with Gasteiger partial charge in [0.05, 0.1) is 10.7 Å². The normalized spacial score (nSPS) is 10.2. The first-order valence-electron chi connectivity index (χ1n) is 6.74. The van der Waals surface area contributed by atoms with Crippen molar-refractivity contribution in [2.75, 3.05) is 11.9 Å². The van der Waals surface area contributed by atoms with Crippen LogP contribution in [0.5, 0.6) is 0 Å². The van der Waals surface area contributed by atoms with Gasteiger partial charge in [0.2, 0.25) is 0 Å². The van der Waals surface area contributed by atoms with Crippen molar-refractivity contribution in [1.82, 2.24) is 5.32 Å². The fourth-order valence-electron chi connectivity index (χ4n) is 1.82. The van der Waals surface area contributed by atoms with Gasteiger partial charge in [-0.1, -0.05) is 46.9 Å². The highest BCUT2D eigenvalue weighted by Crippen LogP contribution is 2.25. The van der Waals surface area contributed by atoms with Crippen LogP contribution in [-0.2, 0) is 16.0 Å². The molecule has 2 N–H and O–H groups in total. The summed E-state index contributed by atoms with van der Waals surface area (Å²) in [6, 6.07) is 11.9. The number of nitrogens with one attached hydrogen (secondary N) is 2. The van der Waals surface area contributed by atoms with Gasteiger partial charge >= 0.3 is 11.8 Å². The molecule has 0 fully saturated rings. The summed E-state index contributed by atoms with van der Waals surface area (Å²) in [5.74, 6) is -1.54. The Morgan fingerprint density at radius 3 is 2.22 bits per heavy atom. The van der Waals surface area contributed by atoms with Gasteiger partial charge in [-0.15, -0.1) is 0 Å². The summed E-state index contributed by atoms with van der Waals surface area (Å²) in [4.78, 5) is 23.6. The summed E-state index contributed by atoms with van der Waals surface area (Å²) >= 11 is 17.5. The molecule has 0 spiro atoms. The van der Waals surface area contributed by atoms with Gasteiger partial charge in [0.15, 0.2) is 0 Å². The first-order valence-corrected chi connectivity index (χ1v) is 7.88. The van der Waals surface area contributed by atoms with Gasteiger partial charge in [0, 0.05) is 16.6 Å². The second-order valence-electron chi connectivity index (χ2n) is 4.71. The van der Waals surface area contributed by atoms with Crippen LogP contribution in [0, 0.1) is 0 Å². The van der Waals surface area contributed by atoms with Crippen LogP contribution in [0.15, 0.2) is 42.5 Å². The lowest BCUT2D eigenvalue weighted by Gasteiger charge is -2.08. The molecule has 2 amide bonds. The minimum atomic E-state index is -0.801. The van der Waals surface area contributed by atoms with Gasteiger partial charge in [-0.2, -0.15) is 0 Å². The Morgan fingerprint density at radius 1 is 0.870 bits per heavy atom. The third-order valence-electron chi connectivity index (χ3n) is 3.00. The summed E-state index contributed by atoms with van der Waals surface area (Å²) < 4.78 is 0. The number of hydrogen-bond acceptors (Lipinski definition) is 2. The second-order valence-corrected chi connectivity index (χ2v) is 5.99. The number of carbonyl (C=O) groups is 2. The van der Waals surface area contributed by atoms with Crippen molar-refractivity contribution in [3.05, 3.63) is 63.1 Å². The van der Waals surface area contributed by atoms with E-state index in [0.29, 0.717) is 28.0 Å². The minimum Gasteiger partial charge on any atom is -0.347 e. The zero-order valence-corrected chi connectivity index (χ0v) is 14.2. The van der Waals surface area contributed by atoms with Gasteiger partial charge in [0.25, 0.3) is 0 Å². The number of hydrogen-bond donors (Lipinski definition) is 2. The van der Waals surface area contributed by atoms with Crippen LogP contribution in [-0.4, -0.2) is 18.4 Å². The van der Waals surface area contributed by atoms with E-state index in [1.165, 1.54) is 12.1 Å². The summed E-state index contributed by atoms with van der Waals surface area (Å²) in [6.07, 6.45) is 0.591. The van der Waals surface area contributed by atoms with Crippen molar-refractivity contribution in [2.24, 2.45) is 0 Å². The Hall–Kier alpha value is -1.75. The number of halogens is 3. The average Bonchev–Trinajstić information content (AvgIpc) is 2.52. The minimum absolute atomic E-state index is 0.289. The summed E-state index contributed by atoms with van der Waals surface area (Å²) in [5, 5.41) is 6.32. The highest BCUT2D eigenvalue weighted by Gasteiger charge is 2.14. The number of rotatable bonds is 4. The molecule has 0 unspecified atom stereocenters. The average molecular weight is 372 g/mol. The molecule has 2 aromatic rings. The predicted molar refractivity (Wildman–Crippen MR) is 93.3 cm³/mol. The van der Waals surface area contributed by atoms with Crippen LogP contribution in [0.2, 0.25) is 15.1 Å². The van der Waals surface area contributed by atoms with Crippen LogP contribution in [0.3, 0.4) is 0 Å². The molecule has 0 saturated carbocycles. The van der Waals surface area contributed by atoms with E-state index >= 15 is 0 Å². The Kier molecular flexibility index (Phi) is 6.28. The van der Waals surface area contributed by atoms with Gasteiger partial charge in [-0.3, -0.25) is 9.59 Å². The molecule has 4 nitrogen and oxygen atoms in total. The van der Waals surface area contributed by atoms with Gasteiger partial charge < -0.3 is 10.6 Å². The van der Waals surface area contributed by atoms with Gasteiger partial charge in [0.1, 0.15) is 0 Å². The van der Waals surface area contributed by atoms with Crippen molar-refractivity contribution < 1.29 is 9.59 Å². The predicted octanol–water partition coefficient (Wildman–Crippen LogP) is 3.94. The standard InChI is InChI=1S/C16H13Cl3N2O2/c17-11-3-1-10(2-4-11)7-8-20-15(22)16(23)21-14-9-12(18)5-6-13(14)19/h1-6,9H,7-8H2,(H,20,22)(H,21,23). The summed E-state index contributed by atoms with van der Waals surface area (Å²) in [7, 11) is 0. The van der Waals surface area contributed by atoms with E-state index in [4.69, 9.17) is 34.8 Å². The zero-order valence-electron chi connectivity index (χ0n) is 11.9. The molecule has 2 aromatic carbocycles. The molecule has 0 bridgehead atoms. The molecular formula is C16H13Cl3N2O2. The van der Waals surface area contributed by atoms with Crippen molar-refractivity contribution in [1.29, 1.82) is 0 Å². The Morgan fingerprint density at radius 2 is 1.52 bits per heavy atom. The van der Waals surface area contributed by atoms with E-state index in [1.807, 2.05) is 12.1 Å². The van der Waals surface area contributed by atoms with Crippen molar-refractivity contribution in [3.8, 4) is 0 Å². The molecule has 0 aliphatic carbocycles. The van der Waals surface area contributed by atoms with Crippen LogP contribution >= 0.6 is 34.8 Å². The lowest BCUT2D eigenvalue weighted by atomic mass is 10.1. The van der Waals surface area contributed by atoms with Crippen molar-refractivity contribution in [2.45, 2.75) is 6.42 Å². The molecular weight excluding hydrogens is 359 g/mol. The fraction of sp³-hybridized carbons (Fsp3) is 0.125. The van der Waals surface area contributed by atoms with E-state index in [2.05, 4.69) is 10.6 Å². The maximum atomic E-state index is 11.8. The van der Waals surface area contributed by atoms with Crippen LogP contribution < -0.4 is 10.6 Å². The fourth-order valence-corrected chi connectivity index (χ4v) is 2.29. The monoisotopic (exact) mass is 370 g/mol. The maximum absolute atomic E-state index is 11.8. The molecule has 2 rings (SSSR count). The van der Waals surface area contributed by atoms with Gasteiger partial charge in [-0.05, 0) is 42.3 Å². The molecule has 0 heterocycles. The zero-order chi connectivity index (χ0) is 16.8. The number of benzene rings is 2. The number of anilines is 1. The SMILES string of the molecule is O=C(NCCc1ccc(Cl)cc1)C(=O)Nc1cc(Cl)ccc1Cl. The van der Waals surface area contributed by atoms with Crippen LogP contribution in [0.1, 0.15) is 5.56 Å². The summed E-state index contributed by atoms with van der Waals surface area (Å²) in [5.41, 5.74) is 1.30. The molecule has 0 aliphatic rings. The van der Waals surface area contributed by atoms with Crippen LogP contribution in [0.4, 0.5) is 5.69 Å². The number of amides is 2. The molecule has 0 aliphatic heterocycles. The van der Waals surface area contributed by atoms with E-state index in [9.17, 15) is 9.59 Å². The third-order valence-corrected chi connectivity index (χ3v) is 3.81. The summed E-state index contributed by atoms with van der Waals surface area (Å²) in [6.45, 7) is 0.331. The molecule has 0 aromatic heterocycles. The maximum Gasteiger partial charge on any atom is 0.313 e. The molecule has 23 heavy (non-hydrogen) atoms. The quantitative estimate of drug-likeness (QED) is 0.800. The topological polar surface area (TPSA) is 58.2 Å². The molecule has 7 heteroatoms. The molecule has 0 atom stereocenters. The Labute approximate surface area is 148 Å². The Balaban J connectivity index is 1.84. The highest BCUT2D eigenvalue weighted by atomic mass is 35.5. The third kappa shape index (κ3) is 5.43. The lowest BCUT2D eigenvalue weighted by molar-refractivity contribution is -0.136. The molecule has 0 radical (unpaired) electrons.